The standard InChI is InChI=1S/C15H26N4/c1-4-8-13-14(16-3)17-11-18-15(13)19-10-7-5-6-9-12(19)2/h11-12H,4-10H2,1-3H3,(H,16,17,18). The molecular formula is C15H26N4. The van der Waals surface area contributed by atoms with Gasteiger partial charge < -0.3 is 10.2 Å². The largest absolute Gasteiger partial charge is 0.373 e. The minimum absolute atomic E-state index is 0.581. The molecule has 0 aromatic carbocycles. The first-order valence-corrected chi connectivity index (χ1v) is 7.56. The SMILES string of the molecule is CCCc1c(NC)ncnc1N1CCCCCC1C. The second-order valence-electron chi connectivity index (χ2n) is 5.42. The van der Waals surface area contributed by atoms with E-state index in [1.54, 1.807) is 6.33 Å². The van der Waals surface area contributed by atoms with Crippen LogP contribution < -0.4 is 10.2 Å². The van der Waals surface area contributed by atoms with Crippen molar-refractivity contribution in [2.75, 3.05) is 23.8 Å². The van der Waals surface area contributed by atoms with Gasteiger partial charge in [-0.15, -0.1) is 0 Å². The van der Waals surface area contributed by atoms with E-state index in [9.17, 15) is 0 Å². The summed E-state index contributed by atoms with van der Waals surface area (Å²) >= 11 is 0. The highest BCUT2D eigenvalue weighted by atomic mass is 15.2. The molecule has 1 aromatic heterocycles. The van der Waals surface area contributed by atoms with Gasteiger partial charge in [0.05, 0.1) is 0 Å². The third kappa shape index (κ3) is 3.17. The van der Waals surface area contributed by atoms with Crippen molar-refractivity contribution in [3.63, 3.8) is 0 Å². The van der Waals surface area contributed by atoms with Crippen molar-refractivity contribution in [3.05, 3.63) is 11.9 Å². The number of anilines is 2. The summed E-state index contributed by atoms with van der Waals surface area (Å²) in [6.07, 6.45) is 9.07. The van der Waals surface area contributed by atoms with E-state index in [0.717, 1.165) is 31.0 Å². The van der Waals surface area contributed by atoms with Crippen molar-refractivity contribution >= 4 is 11.6 Å². The Morgan fingerprint density at radius 3 is 2.89 bits per heavy atom. The van der Waals surface area contributed by atoms with Crippen molar-refractivity contribution in [1.29, 1.82) is 0 Å². The molecule has 1 fully saturated rings. The summed E-state index contributed by atoms with van der Waals surface area (Å²) in [5.41, 5.74) is 1.28. The molecule has 1 atom stereocenters. The van der Waals surface area contributed by atoms with Crippen LogP contribution in [-0.2, 0) is 6.42 Å². The maximum atomic E-state index is 4.60. The lowest BCUT2D eigenvalue weighted by Gasteiger charge is -2.30. The van der Waals surface area contributed by atoms with Crippen LogP contribution in [0, 0.1) is 0 Å². The zero-order valence-electron chi connectivity index (χ0n) is 12.4. The normalized spacial score (nSPS) is 20.2. The first-order valence-electron chi connectivity index (χ1n) is 7.56. The molecule has 1 unspecified atom stereocenters. The monoisotopic (exact) mass is 262 g/mol. The van der Waals surface area contributed by atoms with Crippen molar-refractivity contribution in [1.82, 2.24) is 9.97 Å². The van der Waals surface area contributed by atoms with Crippen LogP contribution in [0.15, 0.2) is 6.33 Å². The fourth-order valence-electron chi connectivity index (χ4n) is 2.94. The summed E-state index contributed by atoms with van der Waals surface area (Å²) < 4.78 is 0. The molecule has 2 rings (SSSR count). The lowest BCUT2D eigenvalue weighted by atomic mass is 10.1. The third-order valence-electron chi connectivity index (χ3n) is 3.98. The third-order valence-corrected chi connectivity index (χ3v) is 3.98. The average Bonchev–Trinajstić information content (AvgIpc) is 2.64. The molecule has 0 bridgehead atoms. The molecule has 2 heterocycles. The Labute approximate surface area is 116 Å². The van der Waals surface area contributed by atoms with Crippen molar-refractivity contribution in [2.24, 2.45) is 0 Å². The van der Waals surface area contributed by atoms with E-state index in [1.807, 2.05) is 7.05 Å². The zero-order chi connectivity index (χ0) is 13.7. The Balaban J connectivity index is 2.35. The highest BCUT2D eigenvalue weighted by molar-refractivity contribution is 5.59. The fraction of sp³-hybridized carbons (Fsp3) is 0.733. The molecule has 1 aliphatic heterocycles. The molecule has 4 nitrogen and oxygen atoms in total. The smallest absolute Gasteiger partial charge is 0.137 e. The fourth-order valence-corrected chi connectivity index (χ4v) is 2.94. The van der Waals surface area contributed by atoms with Crippen molar-refractivity contribution in [3.8, 4) is 0 Å². The van der Waals surface area contributed by atoms with Crippen LogP contribution in [0.1, 0.15) is 51.5 Å². The van der Waals surface area contributed by atoms with Crippen LogP contribution in [0.4, 0.5) is 11.6 Å². The molecule has 1 aromatic rings. The summed E-state index contributed by atoms with van der Waals surface area (Å²) in [7, 11) is 1.94. The van der Waals surface area contributed by atoms with Crippen LogP contribution >= 0.6 is 0 Å². The Bertz CT molecular complexity index is 405. The average molecular weight is 262 g/mol. The molecule has 0 saturated carbocycles. The van der Waals surface area contributed by atoms with Gasteiger partial charge in [-0.05, 0) is 26.2 Å². The van der Waals surface area contributed by atoms with E-state index >= 15 is 0 Å². The molecule has 1 N–H and O–H groups in total. The van der Waals surface area contributed by atoms with Gasteiger partial charge in [0.1, 0.15) is 18.0 Å². The molecule has 0 radical (unpaired) electrons. The van der Waals surface area contributed by atoms with Crippen LogP contribution in [0.5, 0.6) is 0 Å². The number of rotatable bonds is 4. The molecule has 106 valence electrons. The van der Waals surface area contributed by atoms with E-state index in [4.69, 9.17) is 0 Å². The van der Waals surface area contributed by atoms with Gasteiger partial charge in [-0.1, -0.05) is 26.2 Å². The molecule has 0 amide bonds. The predicted molar refractivity (Wildman–Crippen MR) is 80.8 cm³/mol. The molecule has 0 spiro atoms. The molecule has 1 aliphatic rings. The highest BCUT2D eigenvalue weighted by Gasteiger charge is 2.22. The summed E-state index contributed by atoms with van der Waals surface area (Å²) in [4.78, 5) is 11.5. The molecule has 1 saturated heterocycles. The quantitative estimate of drug-likeness (QED) is 0.904. The maximum Gasteiger partial charge on any atom is 0.137 e. The number of hydrogen-bond donors (Lipinski definition) is 1. The van der Waals surface area contributed by atoms with Crippen LogP contribution in [0.2, 0.25) is 0 Å². The van der Waals surface area contributed by atoms with Gasteiger partial charge in [-0.3, -0.25) is 0 Å². The Morgan fingerprint density at radius 2 is 2.16 bits per heavy atom. The van der Waals surface area contributed by atoms with Gasteiger partial charge in [0.2, 0.25) is 0 Å². The Kier molecular flexibility index (Phi) is 5.00. The molecule has 0 aliphatic carbocycles. The van der Waals surface area contributed by atoms with Gasteiger partial charge in [-0.25, -0.2) is 9.97 Å². The number of hydrogen-bond acceptors (Lipinski definition) is 4. The van der Waals surface area contributed by atoms with E-state index in [0.29, 0.717) is 6.04 Å². The minimum Gasteiger partial charge on any atom is -0.373 e. The number of nitrogens with zero attached hydrogens (tertiary/aromatic N) is 3. The van der Waals surface area contributed by atoms with Gasteiger partial charge in [0.15, 0.2) is 0 Å². The topological polar surface area (TPSA) is 41.1 Å². The summed E-state index contributed by atoms with van der Waals surface area (Å²) in [5, 5.41) is 3.21. The van der Waals surface area contributed by atoms with Crippen LogP contribution in [-0.4, -0.2) is 29.6 Å². The Morgan fingerprint density at radius 1 is 1.32 bits per heavy atom. The second-order valence-corrected chi connectivity index (χ2v) is 5.42. The van der Waals surface area contributed by atoms with Gasteiger partial charge >= 0.3 is 0 Å². The highest BCUT2D eigenvalue weighted by Crippen LogP contribution is 2.29. The molecular weight excluding hydrogens is 236 g/mol. The first kappa shape index (κ1) is 14.1. The Hall–Kier alpha value is -1.32. The number of nitrogens with one attached hydrogen (secondary N) is 1. The summed E-state index contributed by atoms with van der Waals surface area (Å²) in [6.45, 7) is 5.66. The number of aromatic nitrogens is 2. The second kappa shape index (κ2) is 6.73. The lowest BCUT2D eigenvalue weighted by molar-refractivity contribution is 0.608. The zero-order valence-corrected chi connectivity index (χ0v) is 12.4. The van der Waals surface area contributed by atoms with E-state index in [1.165, 1.54) is 31.2 Å². The van der Waals surface area contributed by atoms with Gasteiger partial charge in [0.25, 0.3) is 0 Å². The summed E-state index contributed by atoms with van der Waals surface area (Å²) in [6, 6.07) is 0.581. The van der Waals surface area contributed by atoms with Crippen LogP contribution in [0.3, 0.4) is 0 Å². The predicted octanol–water partition coefficient (Wildman–Crippen LogP) is 3.24. The van der Waals surface area contributed by atoms with E-state index in [-0.39, 0.29) is 0 Å². The van der Waals surface area contributed by atoms with E-state index in [2.05, 4.69) is 34.0 Å². The summed E-state index contributed by atoms with van der Waals surface area (Å²) in [5.74, 6) is 2.14. The molecule has 19 heavy (non-hydrogen) atoms. The van der Waals surface area contributed by atoms with Gasteiger partial charge in [0, 0.05) is 25.2 Å². The maximum absolute atomic E-state index is 4.60. The van der Waals surface area contributed by atoms with E-state index < -0.39 is 0 Å². The first-order chi connectivity index (χ1) is 9.27. The lowest BCUT2D eigenvalue weighted by Crippen LogP contribution is -2.34. The van der Waals surface area contributed by atoms with Gasteiger partial charge in [-0.2, -0.15) is 0 Å². The molecule has 4 heteroatoms. The minimum atomic E-state index is 0.581. The van der Waals surface area contributed by atoms with Crippen molar-refractivity contribution < 1.29 is 0 Å². The van der Waals surface area contributed by atoms with Crippen molar-refractivity contribution in [2.45, 2.75) is 58.4 Å². The van der Waals surface area contributed by atoms with Crippen LogP contribution in [0.25, 0.3) is 0 Å².